The van der Waals surface area contributed by atoms with Crippen LogP contribution in [0.2, 0.25) is 0 Å². The Labute approximate surface area is 138 Å². The fraction of sp³-hybridized carbons (Fsp3) is 0.158. The molecule has 2 N–H and O–H groups in total. The van der Waals surface area contributed by atoms with Crippen LogP contribution in [0.5, 0.6) is 5.75 Å². The number of aromatic amines is 1. The molecule has 0 saturated carbocycles. The third-order valence-corrected chi connectivity index (χ3v) is 4.56. The summed E-state index contributed by atoms with van der Waals surface area (Å²) >= 11 is 0. The number of para-hydroxylation sites is 1. The first-order chi connectivity index (χ1) is 11.6. The normalized spacial score (nSPS) is 15.1. The lowest BCUT2D eigenvalue weighted by atomic mass is 10.0. The third kappa shape index (κ3) is 2.01. The van der Waals surface area contributed by atoms with E-state index in [-0.39, 0.29) is 23.6 Å². The predicted molar refractivity (Wildman–Crippen MR) is 90.1 cm³/mol. The molecule has 5 nitrogen and oxygen atoms in total. The Bertz CT molecular complexity index is 939. The predicted octanol–water partition coefficient (Wildman–Crippen LogP) is 3.10. The summed E-state index contributed by atoms with van der Waals surface area (Å²) in [5.41, 5.74) is 2.56. The van der Waals surface area contributed by atoms with E-state index >= 15 is 0 Å². The molecule has 0 bridgehead atoms. The highest BCUT2D eigenvalue weighted by atomic mass is 16.3. The van der Waals surface area contributed by atoms with Gasteiger partial charge in [-0.2, -0.15) is 0 Å². The highest BCUT2D eigenvalue weighted by Crippen LogP contribution is 2.29. The minimum Gasteiger partial charge on any atom is -0.506 e. The second kappa shape index (κ2) is 5.23. The summed E-state index contributed by atoms with van der Waals surface area (Å²) in [6, 6.07) is 11.9. The van der Waals surface area contributed by atoms with E-state index in [0.29, 0.717) is 23.1 Å². The van der Waals surface area contributed by atoms with Crippen LogP contribution in [0.25, 0.3) is 10.9 Å². The summed E-state index contributed by atoms with van der Waals surface area (Å²) in [5, 5.41) is 10.8. The van der Waals surface area contributed by atoms with Crippen molar-refractivity contribution in [3.8, 4) is 5.75 Å². The topological polar surface area (TPSA) is 73.4 Å². The van der Waals surface area contributed by atoms with Gasteiger partial charge in [0, 0.05) is 17.6 Å². The van der Waals surface area contributed by atoms with Crippen molar-refractivity contribution in [3.05, 3.63) is 65.4 Å². The van der Waals surface area contributed by atoms with Gasteiger partial charge in [0.1, 0.15) is 5.75 Å². The van der Waals surface area contributed by atoms with Crippen molar-refractivity contribution in [2.45, 2.75) is 19.4 Å². The van der Waals surface area contributed by atoms with Crippen LogP contribution in [-0.2, 0) is 6.42 Å². The van der Waals surface area contributed by atoms with Gasteiger partial charge >= 0.3 is 0 Å². The van der Waals surface area contributed by atoms with Gasteiger partial charge in [-0.3, -0.25) is 14.5 Å². The molecule has 2 heterocycles. The summed E-state index contributed by atoms with van der Waals surface area (Å²) in [7, 11) is 0. The lowest BCUT2D eigenvalue weighted by Gasteiger charge is -2.22. The summed E-state index contributed by atoms with van der Waals surface area (Å²) < 4.78 is 0. The smallest absolute Gasteiger partial charge is 0.261 e. The van der Waals surface area contributed by atoms with Crippen LogP contribution in [0.3, 0.4) is 0 Å². The molecule has 4 rings (SSSR count). The van der Waals surface area contributed by atoms with Crippen LogP contribution in [0, 0.1) is 0 Å². The second-order valence-electron chi connectivity index (χ2n) is 6.09. The van der Waals surface area contributed by atoms with Gasteiger partial charge < -0.3 is 10.1 Å². The van der Waals surface area contributed by atoms with E-state index in [1.54, 1.807) is 36.4 Å². The van der Waals surface area contributed by atoms with Gasteiger partial charge in [-0.05, 0) is 37.1 Å². The number of aromatic hydroxyl groups is 1. The molecule has 1 aliphatic heterocycles. The van der Waals surface area contributed by atoms with E-state index in [1.807, 2.05) is 19.2 Å². The van der Waals surface area contributed by atoms with Crippen LogP contribution in [0.1, 0.15) is 33.2 Å². The second-order valence-corrected chi connectivity index (χ2v) is 6.09. The number of hydrogen-bond acceptors (Lipinski definition) is 3. The number of aromatic nitrogens is 1. The number of phenols is 1. The average Bonchev–Trinajstić information content (AvgIpc) is 3.09. The summed E-state index contributed by atoms with van der Waals surface area (Å²) in [6.07, 6.45) is 2.34. The Morgan fingerprint density at radius 2 is 1.71 bits per heavy atom. The number of H-pyrrole nitrogens is 1. The lowest BCUT2D eigenvalue weighted by Crippen LogP contribution is -2.39. The van der Waals surface area contributed by atoms with Crippen molar-refractivity contribution < 1.29 is 14.7 Å². The molecule has 1 atom stereocenters. The van der Waals surface area contributed by atoms with E-state index in [4.69, 9.17) is 0 Å². The summed E-state index contributed by atoms with van der Waals surface area (Å²) in [5.74, 6) is -0.302. The van der Waals surface area contributed by atoms with Crippen molar-refractivity contribution >= 4 is 22.7 Å². The number of hydrogen-bond donors (Lipinski definition) is 2. The molecule has 2 aromatic carbocycles. The zero-order valence-electron chi connectivity index (χ0n) is 13.1. The van der Waals surface area contributed by atoms with E-state index in [1.165, 1.54) is 4.90 Å². The van der Waals surface area contributed by atoms with Crippen LogP contribution >= 0.6 is 0 Å². The number of carbonyl (C=O) groups is 2. The van der Waals surface area contributed by atoms with E-state index < -0.39 is 0 Å². The van der Waals surface area contributed by atoms with Crippen molar-refractivity contribution in [1.82, 2.24) is 9.88 Å². The molecular formula is C19H16N2O3. The number of rotatable bonds is 3. The first-order valence-electron chi connectivity index (χ1n) is 7.83. The quantitative estimate of drug-likeness (QED) is 0.728. The van der Waals surface area contributed by atoms with Gasteiger partial charge in [-0.1, -0.05) is 24.3 Å². The lowest BCUT2D eigenvalue weighted by molar-refractivity contribution is 0.0597. The Morgan fingerprint density at radius 3 is 2.38 bits per heavy atom. The fourth-order valence-corrected chi connectivity index (χ4v) is 3.38. The maximum atomic E-state index is 12.6. The number of nitrogens with zero attached hydrogens (tertiary/aromatic N) is 1. The van der Waals surface area contributed by atoms with Crippen LogP contribution in [-0.4, -0.2) is 32.8 Å². The molecule has 5 heteroatoms. The van der Waals surface area contributed by atoms with Gasteiger partial charge in [-0.15, -0.1) is 0 Å². The van der Waals surface area contributed by atoms with Crippen LogP contribution in [0.4, 0.5) is 0 Å². The molecule has 24 heavy (non-hydrogen) atoms. The SMILES string of the molecule is C[C@H](Cc1c[nH]c2c(O)cccc12)N1C(=O)c2ccccc2C1=O. The Balaban J connectivity index is 1.65. The monoisotopic (exact) mass is 320 g/mol. The minimum absolute atomic E-state index is 0.187. The number of carbonyl (C=O) groups excluding carboxylic acids is 2. The van der Waals surface area contributed by atoms with Gasteiger partial charge in [-0.25, -0.2) is 0 Å². The molecule has 120 valence electrons. The number of phenolic OH excluding ortho intramolecular Hbond substituents is 1. The number of nitrogens with one attached hydrogen (secondary N) is 1. The van der Waals surface area contributed by atoms with Crippen LogP contribution in [0.15, 0.2) is 48.7 Å². The highest BCUT2D eigenvalue weighted by Gasteiger charge is 2.38. The molecule has 0 radical (unpaired) electrons. The summed E-state index contributed by atoms with van der Waals surface area (Å²) in [4.78, 5) is 29.5. The van der Waals surface area contributed by atoms with Gasteiger partial charge in [0.05, 0.1) is 16.6 Å². The van der Waals surface area contributed by atoms with Crippen molar-refractivity contribution in [1.29, 1.82) is 0 Å². The van der Waals surface area contributed by atoms with E-state index in [9.17, 15) is 14.7 Å². The van der Waals surface area contributed by atoms with Gasteiger partial charge in [0.2, 0.25) is 0 Å². The number of imide groups is 1. The zero-order chi connectivity index (χ0) is 16.8. The first-order valence-corrected chi connectivity index (χ1v) is 7.83. The average molecular weight is 320 g/mol. The Hall–Kier alpha value is -3.08. The molecule has 0 unspecified atom stereocenters. The molecule has 0 saturated heterocycles. The van der Waals surface area contributed by atoms with Crippen molar-refractivity contribution in [3.63, 3.8) is 0 Å². The van der Waals surface area contributed by atoms with Crippen molar-refractivity contribution in [2.75, 3.05) is 0 Å². The minimum atomic E-state index is -0.279. The maximum absolute atomic E-state index is 12.6. The fourth-order valence-electron chi connectivity index (χ4n) is 3.38. The van der Waals surface area contributed by atoms with E-state index in [0.717, 1.165) is 10.9 Å². The molecule has 2 amide bonds. The van der Waals surface area contributed by atoms with E-state index in [2.05, 4.69) is 4.98 Å². The Morgan fingerprint density at radius 1 is 1.04 bits per heavy atom. The van der Waals surface area contributed by atoms with Gasteiger partial charge in [0.25, 0.3) is 11.8 Å². The van der Waals surface area contributed by atoms with Gasteiger partial charge in [0.15, 0.2) is 0 Å². The molecule has 1 aromatic heterocycles. The first kappa shape index (κ1) is 14.5. The molecule has 0 spiro atoms. The standard InChI is InChI=1S/C19H16N2O3/c1-11(9-12-10-20-17-13(12)7-4-8-16(17)22)21-18(23)14-5-2-3-6-15(14)19(21)24/h2-8,10-11,20,22H,9H2,1H3/t11-/m1/s1. The van der Waals surface area contributed by atoms with Crippen LogP contribution < -0.4 is 0 Å². The number of amides is 2. The highest BCUT2D eigenvalue weighted by molar-refractivity contribution is 6.21. The number of benzene rings is 2. The largest absolute Gasteiger partial charge is 0.506 e. The molecule has 1 aliphatic rings. The molecule has 3 aromatic rings. The summed E-state index contributed by atoms with van der Waals surface area (Å²) in [6.45, 7) is 1.86. The molecule has 0 fully saturated rings. The van der Waals surface area contributed by atoms with Crippen molar-refractivity contribution in [2.24, 2.45) is 0 Å². The zero-order valence-corrected chi connectivity index (χ0v) is 13.1. The molecule has 0 aliphatic carbocycles. The number of fused-ring (bicyclic) bond motifs is 2. The third-order valence-electron chi connectivity index (χ3n) is 4.56. The molecular weight excluding hydrogens is 304 g/mol. The maximum Gasteiger partial charge on any atom is 0.261 e. The Kier molecular flexibility index (Phi) is 3.16.